The number of hydrogen-bond acceptors (Lipinski definition) is 5. The van der Waals surface area contributed by atoms with E-state index in [-0.39, 0.29) is 0 Å². The zero-order chi connectivity index (χ0) is 12.3. The minimum absolute atomic E-state index is 0.432. The summed E-state index contributed by atoms with van der Waals surface area (Å²) < 4.78 is 1.47. The van der Waals surface area contributed by atoms with Crippen LogP contribution in [0.25, 0.3) is 5.65 Å². The van der Waals surface area contributed by atoms with Crippen LogP contribution in [0, 0.1) is 5.92 Å². The van der Waals surface area contributed by atoms with Gasteiger partial charge in [0.05, 0.1) is 5.69 Å². The van der Waals surface area contributed by atoms with Crippen LogP contribution in [-0.4, -0.2) is 37.8 Å². The van der Waals surface area contributed by atoms with Crippen molar-refractivity contribution < 1.29 is 0 Å². The van der Waals surface area contributed by atoms with Crippen LogP contribution in [0.5, 0.6) is 0 Å². The molecule has 0 saturated carbocycles. The molecule has 17 heavy (non-hydrogen) atoms. The van der Waals surface area contributed by atoms with Gasteiger partial charge < -0.3 is 5.32 Å². The van der Waals surface area contributed by atoms with Gasteiger partial charge in [0.2, 0.25) is 0 Å². The van der Waals surface area contributed by atoms with E-state index < -0.39 is 0 Å². The van der Waals surface area contributed by atoms with Crippen molar-refractivity contribution in [2.45, 2.75) is 33.2 Å². The van der Waals surface area contributed by atoms with Gasteiger partial charge in [0.15, 0.2) is 5.65 Å². The van der Waals surface area contributed by atoms with Crippen molar-refractivity contribution >= 4 is 5.65 Å². The SMILES string of the molecule is CCNC(Cc1ccc2nnnn2n1)C(C)C. The largest absolute Gasteiger partial charge is 0.314 e. The van der Waals surface area contributed by atoms with Crippen LogP contribution in [0.2, 0.25) is 0 Å². The normalized spacial score (nSPS) is 13.4. The lowest BCUT2D eigenvalue weighted by Crippen LogP contribution is -2.35. The van der Waals surface area contributed by atoms with Crippen molar-refractivity contribution in [2.75, 3.05) is 6.54 Å². The third-order valence-electron chi connectivity index (χ3n) is 2.82. The summed E-state index contributed by atoms with van der Waals surface area (Å²) in [7, 11) is 0. The molecule has 0 fully saturated rings. The second-order valence-electron chi connectivity index (χ2n) is 4.46. The first-order valence-corrected chi connectivity index (χ1v) is 5.98. The number of rotatable bonds is 5. The lowest BCUT2D eigenvalue weighted by molar-refractivity contribution is 0.400. The van der Waals surface area contributed by atoms with E-state index in [4.69, 9.17) is 0 Å². The number of nitrogens with zero attached hydrogens (tertiary/aromatic N) is 5. The maximum absolute atomic E-state index is 4.38. The van der Waals surface area contributed by atoms with Crippen LogP contribution in [0.3, 0.4) is 0 Å². The van der Waals surface area contributed by atoms with Crippen molar-refractivity contribution in [2.24, 2.45) is 5.92 Å². The highest BCUT2D eigenvalue weighted by Crippen LogP contribution is 2.08. The van der Waals surface area contributed by atoms with E-state index in [1.54, 1.807) is 0 Å². The van der Waals surface area contributed by atoms with Gasteiger partial charge in [0, 0.05) is 12.5 Å². The standard InChI is InChI=1S/C11H18N6/c1-4-12-10(8(2)3)7-9-5-6-11-13-15-16-17(11)14-9/h5-6,8,10,12H,4,7H2,1-3H3. The van der Waals surface area contributed by atoms with Crippen molar-refractivity contribution in [3.63, 3.8) is 0 Å². The Morgan fingerprint density at radius 2 is 2.18 bits per heavy atom. The Hall–Kier alpha value is -1.56. The van der Waals surface area contributed by atoms with Crippen molar-refractivity contribution in [3.05, 3.63) is 17.8 Å². The molecular weight excluding hydrogens is 216 g/mol. The molecule has 2 heterocycles. The molecule has 1 N–H and O–H groups in total. The predicted molar refractivity (Wildman–Crippen MR) is 64.6 cm³/mol. The quantitative estimate of drug-likeness (QED) is 0.824. The molecule has 2 rings (SSSR count). The Morgan fingerprint density at radius 1 is 1.35 bits per heavy atom. The zero-order valence-electron chi connectivity index (χ0n) is 10.5. The van der Waals surface area contributed by atoms with Crippen LogP contribution < -0.4 is 5.32 Å². The average Bonchev–Trinajstić information content (AvgIpc) is 2.75. The molecule has 0 aliphatic heterocycles. The number of nitrogens with one attached hydrogen (secondary N) is 1. The Morgan fingerprint density at radius 3 is 2.88 bits per heavy atom. The molecule has 92 valence electrons. The zero-order valence-corrected chi connectivity index (χ0v) is 10.5. The molecule has 0 aliphatic carbocycles. The maximum atomic E-state index is 4.38. The topological polar surface area (TPSA) is 68.0 Å². The number of likely N-dealkylation sites (N-methyl/N-ethyl adjacent to an activating group) is 1. The van der Waals surface area contributed by atoms with E-state index in [1.165, 1.54) is 4.63 Å². The molecule has 0 bridgehead atoms. The Balaban J connectivity index is 2.15. The number of aromatic nitrogens is 5. The summed E-state index contributed by atoms with van der Waals surface area (Å²) in [4.78, 5) is 0. The molecule has 0 saturated heterocycles. The van der Waals surface area contributed by atoms with Gasteiger partial charge in [0.25, 0.3) is 0 Å². The van der Waals surface area contributed by atoms with Gasteiger partial charge in [-0.05, 0) is 35.0 Å². The lowest BCUT2D eigenvalue weighted by Gasteiger charge is -2.21. The first kappa shape index (κ1) is 11.9. The predicted octanol–water partition coefficient (Wildman–Crippen LogP) is 0.696. The Labute approximate surface area is 100 Å². The van der Waals surface area contributed by atoms with E-state index in [0.717, 1.165) is 18.7 Å². The number of fused-ring (bicyclic) bond motifs is 1. The van der Waals surface area contributed by atoms with Gasteiger partial charge in [-0.25, -0.2) is 0 Å². The van der Waals surface area contributed by atoms with E-state index in [0.29, 0.717) is 17.6 Å². The molecule has 6 heteroatoms. The van der Waals surface area contributed by atoms with Crippen LogP contribution in [0.1, 0.15) is 26.5 Å². The summed E-state index contributed by atoms with van der Waals surface area (Å²) in [5, 5.41) is 19.1. The molecule has 0 amide bonds. The van der Waals surface area contributed by atoms with E-state index in [1.807, 2.05) is 12.1 Å². The molecule has 0 radical (unpaired) electrons. The summed E-state index contributed by atoms with van der Waals surface area (Å²) in [5.41, 5.74) is 1.68. The molecule has 0 aromatic carbocycles. The molecule has 0 aliphatic rings. The highest BCUT2D eigenvalue weighted by Gasteiger charge is 2.14. The van der Waals surface area contributed by atoms with Gasteiger partial charge in [-0.15, -0.1) is 9.73 Å². The molecule has 1 atom stereocenters. The van der Waals surface area contributed by atoms with Gasteiger partial charge >= 0.3 is 0 Å². The summed E-state index contributed by atoms with van der Waals surface area (Å²) in [6, 6.07) is 4.31. The monoisotopic (exact) mass is 234 g/mol. The third-order valence-corrected chi connectivity index (χ3v) is 2.82. The average molecular weight is 234 g/mol. The fraction of sp³-hybridized carbons (Fsp3) is 0.636. The van der Waals surface area contributed by atoms with Gasteiger partial charge in [-0.1, -0.05) is 20.8 Å². The highest BCUT2D eigenvalue weighted by molar-refractivity contribution is 5.33. The van der Waals surface area contributed by atoms with Crippen LogP contribution in [0.15, 0.2) is 12.1 Å². The summed E-state index contributed by atoms with van der Waals surface area (Å²) in [5.74, 6) is 0.571. The van der Waals surface area contributed by atoms with Gasteiger partial charge in [-0.2, -0.15) is 5.10 Å². The van der Waals surface area contributed by atoms with Gasteiger partial charge in [0.1, 0.15) is 0 Å². The summed E-state index contributed by atoms with van der Waals surface area (Å²) in [6.45, 7) is 7.51. The van der Waals surface area contributed by atoms with E-state index in [9.17, 15) is 0 Å². The maximum Gasteiger partial charge on any atom is 0.199 e. The minimum atomic E-state index is 0.432. The first-order chi connectivity index (χ1) is 8.20. The smallest absolute Gasteiger partial charge is 0.199 e. The molecule has 2 aromatic rings. The molecule has 2 aromatic heterocycles. The van der Waals surface area contributed by atoms with Crippen molar-refractivity contribution in [1.82, 2.24) is 30.6 Å². The van der Waals surface area contributed by atoms with Crippen molar-refractivity contribution in [3.8, 4) is 0 Å². The van der Waals surface area contributed by atoms with Crippen LogP contribution >= 0.6 is 0 Å². The minimum Gasteiger partial charge on any atom is -0.314 e. The molecule has 6 nitrogen and oxygen atoms in total. The molecule has 1 unspecified atom stereocenters. The number of hydrogen-bond donors (Lipinski definition) is 1. The highest BCUT2D eigenvalue weighted by atomic mass is 15.6. The Kier molecular flexibility index (Phi) is 3.63. The molecule has 0 spiro atoms. The molecular formula is C11H18N6. The fourth-order valence-corrected chi connectivity index (χ4v) is 1.83. The fourth-order valence-electron chi connectivity index (χ4n) is 1.83. The second-order valence-corrected chi connectivity index (χ2v) is 4.46. The van der Waals surface area contributed by atoms with Crippen LogP contribution in [-0.2, 0) is 6.42 Å². The lowest BCUT2D eigenvalue weighted by atomic mass is 9.99. The van der Waals surface area contributed by atoms with E-state index >= 15 is 0 Å². The summed E-state index contributed by atoms with van der Waals surface area (Å²) >= 11 is 0. The number of tetrazole rings is 1. The third kappa shape index (κ3) is 2.76. The second kappa shape index (κ2) is 5.18. The Bertz CT molecular complexity index is 478. The van der Waals surface area contributed by atoms with Crippen molar-refractivity contribution in [1.29, 1.82) is 0 Å². The van der Waals surface area contributed by atoms with Gasteiger partial charge in [-0.3, -0.25) is 0 Å². The van der Waals surface area contributed by atoms with Crippen LogP contribution in [0.4, 0.5) is 0 Å². The first-order valence-electron chi connectivity index (χ1n) is 5.98. The van der Waals surface area contributed by atoms with E-state index in [2.05, 4.69) is 46.7 Å². The summed E-state index contributed by atoms with van der Waals surface area (Å²) in [6.07, 6.45) is 0.890.